The number of ketones is 2. The van der Waals surface area contributed by atoms with E-state index in [0.29, 0.717) is 76.5 Å². The number of rotatable bonds is 9. The summed E-state index contributed by atoms with van der Waals surface area (Å²) in [6.07, 6.45) is 9.61. The zero-order valence-electron chi connectivity index (χ0n) is 28.2. The maximum Gasteiger partial charge on any atom is 0.317 e. The van der Waals surface area contributed by atoms with Crippen molar-refractivity contribution in [1.82, 2.24) is 19.6 Å². The molecule has 0 spiro atoms. The van der Waals surface area contributed by atoms with Crippen molar-refractivity contribution in [2.24, 2.45) is 34.5 Å². The molecule has 0 aromatic rings. The van der Waals surface area contributed by atoms with E-state index in [4.69, 9.17) is 0 Å². The molecule has 4 aliphatic carbocycles. The predicted molar refractivity (Wildman–Crippen MR) is 174 cm³/mol. The van der Waals surface area contributed by atoms with Crippen LogP contribution in [0.15, 0.2) is 11.6 Å². The lowest BCUT2D eigenvalue weighted by Crippen LogP contribution is -2.52. The fourth-order valence-corrected chi connectivity index (χ4v) is 10.2. The Morgan fingerprint density at radius 2 is 1.15 bits per heavy atom. The van der Waals surface area contributed by atoms with Crippen molar-refractivity contribution < 1.29 is 39.3 Å². The van der Waals surface area contributed by atoms with Crippen LogP contribution in [0.3, 0.4) is 0 Å². The average molecular weight is 659 g/mol. The zero-order chi connectivity index (χ0) is 33.9. The molecule has 262 valence electrons. The van der Waals surface area contributed by atoms with Crippen molar-refractivity contribution in [2.75, 3.05) is 78.5 Å². The fraction of sp³-hybridized carbons (Fsp3) is 0.800. The molecule has 12 heteroatoms. The number of allylic oxidation sites excluding steroid dienone is 1. The topological polar surface area (TPSA) is 159 Å². The highest BCUT2D eigenvalue weighted by molar-refractivity contribution is 5.91. The van der Waals surface area contributed by atoms with E-state index in [2.05, 4.69) is 18.7 Å². The van der Waals surface area contributed by atoms with Gasteiger partial charge in [-0.15, -0.1) is 0 Å². The first kappa shape index (κ1) is 35.6. The molecule has 5 aliphatic rings. The highest BCUT2D eigenvalue weighted by Crippen LogP contribution is 2.66. The Hall–Kier alpha value is -2.67. The van der Waals surface area contributed by atoms with E-state index in [-0.39, 0.29) is 54.5 Å². The monoisotopic (exact) mass is 658 g/mol. The van der Waals surface area contributed by atoms with E-state index in [0.717, 1.165) is 44.9 Å². The van der Waals surface area contributed by atoms with E-state index in [9.17, 15) is 39.3 Å². The van der Waals surface area contributed by atoms with Crippen LogP contribution in [0.25, 0.3) is 0 Å². The van der Waals surface area contributed by atoms with Crippen molar-refractivity contribution in [3.8, 4) is 0 Å². The number of carboxylic acid groups (broad SMARTS) is 3. The third-order valence-corrected chi connectivity index (χ3v) is 12.7. The molecule has 0 amide bonds. The first-order chi connectivity index (χ1) is 22.3. The fourth-order valence-electron chi connectivity index (χ4n) is 10.2. The lowest BCUT2D eigenvalue weighted by atomic mass is 9.46. The molecular formula is C35H54N4O8. The van der Waals surface area contributed by atoms with Gasteiger partial charge in [-0.25, -0.2) is 0 Å². The number of hydrogen-bond acceptors (Lipinski definition) is 9. The summed E-state index contributed by atoms with van der Waals surface area (Å²) in [6, 6.07) is 0. The van der Waals surface area contributed by atoms with Gasteiger partial charge in [-0.05, 0) is 79.6 Å². The van der Waals surface area contributed by atoms with E-state index in [1.54, 1.807) is 14.7 Å². The number of Topliss-reactive ketones (excluding diaryl/α,β-unsaturated/α-hetero) is 1. The van der Waals surface area contributed by atoms with Gasteiger partial charge in [0.1, 0.15) is 5.78 Å². The number of aliphatic carboxylic acids is 3. The van der Waals surface area contributed by atoms with Crippen molar-refractivity contribution in [1.29, 1.82) is 0 Å². The Bertz CT molecular complexity index is 1220. The highest BCUT2D eigenvalue weighted by Gasteiger charge is 2.60. The van der Waals surface area contributed by atoms with Crippen molar-refractivity contribution >= 4 is 29.5 Å². The average Bonchev–Trinajstić information content (AvgIpc) is 3.35. The van der Waals surface area contributed by atoms with Crippen LogP contribution in [0.1, 0.15) is 65.2 Å². The van der Waals surface area contributed by atoms with E-state index < -0.39 is 17.9 Å². The molecule has 0 radical (unpaired) electrons. The van der Waals surface area contributed by atoms with Crippen LogP contribution in [0.2, 0.25) is 0 Å². The van der Waals surface area contributed by atoms with E-state index >= 15 is 0 Å². The molecule has 1 heterocycles. The zero-order valence-corrected chi connectivity index (χ0v) is 28.2. The summed E-state index contributed by atoms with van der Waals surface area (Å²) in [5, 5.41) is 28.5. The maximum absolute atomic E-state index is 14.2. The summed E-state index contributed by atoms with van der Waals surface area (Å²) < 4.78 is 0. The molecule has 47 heavy (non-hydrogen) atoms. The summed E-state index contributed by atoms with van der Waals surface area (Å²) in [5.74, 6) is -0.838. The molecule has 12 nitrogen and oxygen atoms in total. The Morgan fingerprint density at radius 3 is 1.64 bits per heavy atom. The van der Waals surface area contributed by atoms with Gasteiger partial charge in [-0.1, -0.05) is 19.4 Å². The third-order valence-electron chi connectivity index (χ3n) is 12.7. The van der Waals surface area contributed by atoms with Gasteiger partial charge in [-0.2, -0.15) is 0 Å². The van der Waals surface area contributed by atoms with Gasteiger partial charge in [-0.3, -0.25) is 43.6 Å². The Kier molecular flexibility index (Phi) is 11.3. The molecule has 5 rings (SSSR count). The Labute approximate surface area is 278 Å². The largest absolute Gasteiger partial charge is 0.480 e. The molecule has 3 unspecified atom stereocenters. The SMILES string of the molecule is C[C@]12CCC(=O)C=C1CCC1C2CC[C@@]2(C)C1CC[C@@H]2C(=O)CN1CCN(CC(=O)O)CCN(CC(=O)O)CCN(CC(=O)O)CC1. The van der Waals surface area contributed by atoms with Crippen LogP contribution in [0, 0.1) is 34.5 Å². The minimum absolute atomic E-state index is 0.0395. The molecule has 0 aromatic carbocycles. The summed E-state index contributed by atoms with van der Waals surface area (Å²) in [4.78, 5) is 68.6. The lowest BCUT2D eigenvalue weighted by Gasteiger charge is -2.58. The number of carboxylic acids is 3. The van der Waals surface area contributed by atoms with E-state index in [1.165, 1.54) is 5.57 Å². The predicted octanol–water partition coefficient (Wildman–Crippen LogP) is 2.18. The molecule has 1 saturated heterocycles. The summed E-state index contributed by atoms with van der Waals surface area (Å²) in [6.45, 7) is 7.54. The first-order valence-corrected chi connectivity index (χ1v) is 17.6. The van der Waals surface area contributed by atoms with Gasteiger partial charge in [0, 0.05) is 64.7 Å². The van der Waals surface area contributed by atoms with Gasteiger partial charge in [0.25, 0.3) is 0 Å². The standard InChI is InChI=1S/C35H54N4O8/c1-34-9-7-25(40)19-24(34)3-4-26-27-5-6-29(35(27,2)10-8-28(26)34)30(41)20-36-11-13-37(21-31(42)43)15-17-39(23-33(46)47)18-16-38(14-12-36)22-32(44)45/h19,26-29H,3-18,20-23H2,1-2H3,(H,42,43)(H,44,45)(H,46,47)/t26?,27?,28?,29-,34+,35+/m1/s1. The van der Waals surface area contributed by atoms with Crippen LogP contribution in [-0.2, 0) is 24.0 Å². The van der Waals surface area contributed by atoms with Crippen molar-refractivity contribution in [3.05, 3.63) is 11.6 Å². The Balaban J connectivity index is 1.28. The van der Waals surface area contributed by atoms with Crippen LogP contribution in [-0.4, -0.2) is 143 Å². The minimum atomic E-state index is -0.988. The van der Waals surface area contributed by atoms with Crippen LogP contribution in [0.5, 0.6) is 0 Å². The quantitative estimate of drug-likeness (QED) is 0.332. The molecular weight excluding hydrogens is 604 g/mol. The molecule has 6 atom stereocenters. The highest BCUT2D eigenvalue weighted by atomic mass is 16.4. The van der Waals surface area contributed by atoms with E-state index in [1.807, 2.05) is 6.08 Å². The number of nitrogens with zero attached hydrogens (tertiary/aromatic N) is 4. The second-order valence-corrected chi connectivity index (χ2v) is 15.4. The number of hydrogen-bond donors (Lipinski definition) is 3. The molecule has 0 aromatic heterocycles. The summed E-state index contributed by atoms with van der Waals surface area (Å²) >= 11 is 0. The Morgan fingerprint density at radius 1 is 0.660 bits per heavy atom. The first-order valence-electron chi connectivity index (χ1n) is 17.6. The molecule has 1 aliphatic heterocycles. The molecule has 4 fully saturated rings. The van der Waals surface area contributed by atoms with Gasteiger partial charge < -0.3 is 15.3 Å². The smallest absolute Gasteiger partial charge is 0.317 e. The van der Waals surface area contributed by atoms with Gasteiger partial charge in [0.15, 0.2) is 5.78 Å². The van der Waals surface area contributed by atoms with Crippen molar-refractivity contribution in [3.63, 3.8) is 0 Å². The molecule has 3 saturated carbocycles. The lowest BCUT2D eigenvalue weighted by molar-refractivity contribution is -0.140. The summed E-state index contributed by atoms with van der Waals surface area (Å²) in [7, 11) is 0. The number of fused-ring (bicyclic) bond motifs is 5. The van der Waals surface area contributed by atoms with Gasteiger partial charge >= 0.3 is 17.9 Å². The van der Waals surface area contributed by atoms with Crippen LogP contribution >= 0.6 is 0 Å². The molecule has 3 N–H and O–H groups in total. The van der Waals surface area contributed by atoms with Crippen LogP contribution in [0.4, 0.5) is 0 Å². The summed E-state index contributed by atoms with van der Waals surface area (Å²) in [5.41, 5.74) is 1.38. The van der Waals surface area contributed by atoms with Gasteiger partial charge in [0.2, 0.25) is 0 Å². The minimum Gasteiger partial charge on any atom is -0.480 e. The van der Waals surface area contributed by atoms with Crippen LogP contribution < -0.4 is 0 Å². The number of carbonyl (C=O) groups is 5. The molecule has 0 bridgehead atoms. The third kappa shape index (κ3) is 8.14. The maximum atomic E-state index is 14.2. The van der Waals surface area contributed by atoms with Gasteiger partial charge in [0.05, 0.1) is 26.2 Å². The second-order valence-electron chi connectivity index (χ2n) is 15.4. The van der Waals surface area contributed by atoms with Crippen molar-refractivity contribution in [2.45, 2.75) is 65.2 Å². The second kappa shape index (κ2) is 14.8. The number of carbonyl (C=O) groups excluding carboxylic acids is 2. The normalized spacial score (nSPS) is 35.0.